The number of rotatable bonds is 5. The third-order valence-electron chi connectivity index (χ3n) is 5.57. The van der Waals surface area contributed by atoms with Gasteiger partial charge >= 0.3 is 192 Å². The van der Waals surface area contributed by atoms with Gasteiger partial charge in [0.1, 0.15) is 0 Å². The molecule has 8 heteroatoms. The standard InChI is InChI=1S/C24H22N2O5Se/c1-13(2)19-11-15-9-17(26(29)30)10-16(12-31-22(27)14(3)4)21(15)32-24(19)18-7-5-6-8-20(18)25-23(24)28/h5-11,13H,3,12H2,1-2,4H3,(H,25,28). The van der Waals surface area contributed by atoms with Gasteiger partial charge in [0.25, 0.3) is 0 Å². The molecular weight excluding hydrogens is 475 g/mol. The van der Waals surface area contributed by atoms with E-state index >= 15 is 0 Å². The summed E-state index contributed by atoms with van der Waals surface area (Å²) < 4.78 is 5.31. The predicted octanol–water partition coefficient (Wildman–Crippen LogP) is 3.44. The molecule has 164 valence electrons. The van der Waals surface area contributed by atoms with Crippen molar-refractivity contribution in [3.8, 4) is 0 Å². The molecule has 1 amide bonds. The Morgan fingerprint density at radius 3 is 2.69 bits per heavy atom. The first-order valence-electron chi connectivity index (χ1n) is 10.1. The Bertz CT molecular complexity index is 1220. The molecule has 0 fully saturated rings. The zero-order chi connectivity index (χ0) is 23.2. The number of carbonyl (C=O) groups excluding carboxylic acids is 2. The van der Waals surface area contributed by atoms with Crippen molar-refractivity contribution in [1.82, 2.24) is 0 Å². The molecule has 7 nitrogen and oxygen atoms in total. The van der Waals surface area contributed by atoms with E-state index in [0.29, 0.717) is 11.1 Å². The number of anilines is 1. The molecular formula is C24H22N2O5Se. The van der Waals surface area contributed by atoms with Crippen LogP contribution < -0.4 is 9.78 Å². The van der Waals surface area contributed by atoms with Gasteiger partial charge in [0.2, 0.25) is 0 Å². The van der Waals surface area contributed by atoms with Gasteiger partial charge in [-0.2, -0.15) is 0 Å². The van der Waals surface area contributed by atoms with Gasteiger partial charge in [-0.1, -0.05) is 0 Å². The van der Waals surface area contributed by atoms with Crippen molar-refractivity contribution in [2.75, 3.05) is 5.32 Å². The van der Waals surface area contributed by atoms with E-state index < -0.39 is 30.2 Å². The fourth-order valence-corrected chi connectivity index (χ4v) is 7.51. The van der Waals surface area contributed by atoms with Crippen molar-refractivity contribution in [2.45, 2.75) is 31.7 Å². The van der Waals surface area contributed by atoms with E-state index in [-0.39, 0.29) is 29.7 Å². The third kappa shape index (κ3) is 3.45. The monoisotopic (exact) mass is 498 g/mol. The number of benzene rings is 2. The van der Waals surface area contributed by atoms with Crippen LogP contribution >= 0.6 is 0 Å². The molecule has 0 bridgehead atoms. The van der Waals surface area contributed by atoms with Gasteiger partial charge in [-0.3, -0.25) is 0 Å². The molecule has 32 heavy (non-hydrogen) atoms. The average molecular weight is 497 g/mol. The summed E-state index contributed by atoms with van der Waals surface area (Å²) in [6, 6.07) is 10.6. The fourth-order valence-electron chi connectivity index (χ4n) is 4.08. The van der Waals surface area contributed by atoms with Crippen molar-refractivity contribution >= 4 is 48.7 Å². The number of nitro groups is 1. The molecule has 1 N–H and O–H groups in total. The zero-order valence-corrected chi connectivity index (χ0v) is 19.6. The first-order valence-corrected chi connectivity index (χ1v) is 11.8. The summed E-state index contributed by atoms with van der Waals surface area (Å²) >= 11 is -0.437. The van der Waals surface area contributed by atoms with Crippen LogP contribution in [0.3, 0.4) is 0 Å². The molecule has 0 saturated carbocycles. The number of nitrogens with one attached hydrogen (secondary N) is 1. The average Bonchev–Trinajstić information content (AvgIpc) is 3.02. The van der Waals surface area contributed by atoms with E-state index in [1.54, 1.807) is 6.92 Å². The molecule has 2 aliphatic heterocycles. The van der Waals surface area contributed by atoms with Gasteiger partial charge in [0, 0.05) is 0 Å². The molecule has 0 aliphatic carbocycles. The molecule has 2 aromatic rings. The molecule has 2 aliphatic rings. The number of nitro benzene ring substituents is 1. The number of amides is 1. The number of non-ortho nitro benzene ring substituents is 1. The van der Waals surface area contributed by atoms with Crippen LogP contribution in [0, 0.1) is 16.0 Å². The van der Waals surface area contributed by atoms with Gasteiger partial charge in [0.15, 0.2) is 0 Å². The summed E-state index contributed by atoms with van der Waals surface area (Å²) in [5.74, 6) is -0.607. The van der Waals surface area contributed by atoms with Crippen LogP contribution in [0.1, 0.15) is 37.5 Å². The maximum atomic E-state index is 13.4. The number of carbonyl (C=O) groups is 2. The second-order valence-electron chi connectivity index (χ2n) is 8.17. The SMILES string of the molecule is C=C(C)C(=O)OCc1cc([N+](=O)[O-])cc2c1[Se]C1(C(=O)Nc3ccccc31)C(C(C)C)=C2. The van der Waals surface area contributed by atoms with E-state index in [4.69, 9.17) is 4.74 Å². The summed E-state index contributed by atoms with van der Waals surface area (Å²) in [6.45, 7) is 9.05. The Kier molecular flexibility index (Phi) is 5.52. The summed E-state index contributed by atoms with van der Waals surface area (Å²) in [4.78, 5) is 36.5. The van der Waals surface area contributed by atoms with Crippen LogP contribution in [-0.2, 0) is 25.2 Å². The Morgan fingerprint density at radius 2 is 2.03 bits per heavy atom. The number of nitrogens with zero attached hydrogens (tertiary/aromatic N) is 1. The second kappa shape index (κ2) is 8.04. The number of esters is 1. The van der Waals surface area contributed by atoms with Crippen LogP contribution in [0.4, 0.5) is 11.4 Å². The number of ether oxygens (including phenoxy) is 1. The van der Waals surface area contributed by atoms with Gasteiger partial charge in [-0.25, -0.2) is 0 Å². The molecule has 1 spiro atoms. The molecule has 2 aromatic carbocycles. The minimum atomic E-state index is -0.853. The Labute approximate surface area is 191 Å². The van der Waals surface area contributed by atoms with E-state index in [1.807, 2.05) is 44.2 Å². The summed E-state index contributed by atoms with van der Waals surface area (Å²) in [5.41, 5.74) is 4.04. The molecule has 2 heterocycles. The summed E-state index contributed by atoms with van der Waals surface area (Å²) in [7, 11) is 0. The quantitative estimate of drug-likeness (QED) is 0.224. The molecule has 4 rings (SSSR count). The van der Waals surface area contributed by atoms with E-state index in [1.165, 1.54) is 12.1 Å². The van der Waals surface area contributed by atoms with Crippen molar-refractivity contribution in [2.24, 2.45) is 5.92 Å². The van der Waals surface area contributed by atoms with Crippen LogP contribution in [0.15, 0.2) is 54.1 Å². The van der Waals surface area contributed by atoms with Gasteiger partial charge in [0.05, 0.1) is 0 Å². The molecule has 1 unspecified atom stereocenters. The number of hydrogen-bond acceptors (Lipinski definition) is 5. The Hall–Kier alpha value is -3.22. The van der Waals surface area contributed by atoms with E-state index in [9.17, 15) is 19.7 Å². The fraction of sp³-hybridized carbons (Fsp3) is 0.250. The van der Waals surface area contributed by atoms with Crippen LogP contribution in [0.5, 0.6) is 0 Å². The number of fused-ring (bicyclic) bond motifs is 3. The van der Waals surface area contributed by atoms with Gasteiger partial charge in [-0.05, 0) is 0 Å². The van der Waals surface area contributed by atoms with Crippen LogP contribution in [0.25, 0.3) is 6.08 Å². The maximum absolute atomic E-state index is 13.4. The number of hydrogen-bond donors (Lipinski definition) is 1. The van der Waals surface area contributed by atoms with Crippen molar-refractivity contribution in [3.05, 3.63) is 80.9 Å². The Morgan fingerprint density at radius 1 is 1.31 bits per heavy atom. The molecule has 1 atom stereocenters. The first kappa shape index (κ1) is 22.0. The van der Waals surface area contributed by atoms with Crippen LogP contribution in [-0.4, -0.2) is 31.8 Å². The normalized spacial score (nSPS) is 18.6. The topological polar surface area (TPSA) is 98.5 Å². The third-order valence-corrected chi connectivity index (χ3v) is 9.03. The van der Waals surface area contributed by atoms with Gasteiger partial charge < -0.3 is 0 Å². The van der Waals surface area contributed by atoms with Crippen molar-refractivity contribution in [3.63, 3.8) is 0 Å². The predicted molar refractivity (Wildman–Crippen MR) is 123 cm³/mol. The molecule has 0 aromatic heterocycles. The van der Waals surface area contributed by atoms with Gasteiger partial charge in [-0.15, -0.1) is 0 Å². The van der Waals surface area contributed by atoms with Crippen molar-refractivity contribution in [1.29, 1.82) is 0 Å². The van der Waals surface area contributed by atoms with E-state index in [2.05, 4.69) is 11.9 Å². The molecule has 0 radical (unpaired) electrons. The van der Waals surface area contributed by atoms with E-state index in [0.717, 1.165) is 21.3 Å². The minimum absolute atomic E-state index is 0.0471. The molecule has 0 saturated heterocycles. The number of para-hydroxylation sites is 1. The first-order chi connectivity index (χ1) is 15.1. The van der Waals surface area contributed by atoms with Crippen LogP contribution in [0.2, 0.25) is 0 Å². The summed E-state index contributed by atoms with van der Waals surface area (Å²) in [6.07, 6.45) is 1.91. The zero-order valence-electron chi connectivity index (χ0n) is 17.9. The second-order valence-corrected chi connectivity index (χ2v) is 10.7. The Balaban J connectivity index is 1.91. The summed E-state index contributed by atoms with van der Waals surface area (Å²) in [5, 5.41) is 14.6. The van der Waals surface area contributed by atoms with Crippen molar-refractivity contribution < 1.29 is 19.2 Å².